The molecule has 1 N–H and O–H groups in total. The summed E-state index contributed by atoms with van der Waals surface area (Å²) in [6.07, 6.45) is 2.78. The second-order valence-corrected chi connectivity index (χ2v) is 8.49. The van der Waals surface area contributed by atoms with E-state index in [-0.39, 0.29) is 11.7 Å². The summed E-state index contributed by atoms with van der Waals surface area (Å²) in [7, 11) is 1.62. The molecule has 1 amide bonds. The molecule has 7 nitrogen and oxygen atoms in total. The number of esters is 1. The Morgan fingerprint density at radius 1 is 1.06 bits per heavy atom. The zero-order chi connectivity index (χ0) is 22.8. The fourth-order valence-corrected chi connectivity index (χ4v) is 3.62. The van der Waals surface area contributed by atoms with Crippen molar-refractivity contribution in [1.82, 2.24) is 15.3 Å². The van der Waals surface area contributed by atoms with Gasteiger partial charge in [0.05, 0.1) is 12.9 Å². The minimum Gasteiger partial charge on any atom is -0.497 e. The Labute approximate surface area is 199 Å². The normalized spacial score (nSPS) is 11.4. The van der Waals surface area contributed by atoms with Crippen molar-refractivity contribution in [3.8, 4) is 5.75 Å². The molecule has 32 heavy (non-hydrogen) atoms. The van der Waals surface area contributed by atoms with E-state index in [9.17, 15) is 9.59 Å². The van der Waals surface area contributed by atoms with Crippen LogP contribution in [-0.4, -0.2) is 41.3 Å². The van der Waals surface area contributed by atoms with Crippen LogP contribution in [0.2, 0.25) is 0 Å². The summed E-state index contributed by atoms with van der Waals surface area (Å²) in [4.78, 5) is 33.4. The molecular weight excluding hydrogens is 494 g/mol. The molecular formula is C23H22BrN3O4S. The summed E-state index contributed by atoms with van der Waals surface area (Å²) >= 11 is 4.53. The summed E-state index contributed by atoms with van der Waals surface area (Å²) < 4.78 is 11.6. The van der Waals surface area contributed by atoms with Crippen LogP contribution in [0.5, 0.6) is 5.75 Å². The molecule has 2 aromatic carbocycles. The molecule has 0 aliphatic heterocycles. The van der Waals surface area contributed by atoms with Crippen LogP contribution in [0.4, 0.5) is 0 Å². The minimum atomic E-state index is -1.05. The van der Waals surface area contributed by atoms with Gasteiger partial charge in [-0.2, -0.15) is 0 Å². The lowest BCUT2D eigenvalue weighted by Crippen LogP contribution is -2.33. The van der Waals surface area contributed by atoms with Gasteiger partial charge in [0.1, 0.15) is 5.75 Å². The van der Waals surface area contributed by atoms with Crippen LogP contribution in [0.3, 0.4) is 0 Å². The molecule has 0 fully saturated rings. The number of halogens is 1. The fraction of sp³-hybridized carbons (Fsp3) is 0.217. The van der Waals surface area contributed by atoms with Gasteiger partial charge in [0.25, 0.3) is 5.91 Å². The number of thioether (sulfide) groups is 1. The molecule has 0 spiro atoms. The zero-order valence-corrected chi connectivity index (χ0v) is 19.8. The fourth-order valence-electron chi connectivity index (χ4n) is 2.77. The summed E-state index contributed by atoms with van der Waals surface area (Å²) in [6, 6.07) is 16.4. The lowest BCUT2D eigenvalue weighted by atomic mass is 10.1. The maximum Gasteiger partial charge on any atom is 0.317 e. The highest BCUT2D eigenvalue weighted by atomic mass is 79.9. The average molecular weight is 516 g/mol. The third kappa shape index (κ3) is 7.35. The predicted molar refractivity (Wildman–Crippen MR) is 125 cm³/mol. The number of nitrogens with one attached hydrogen (secondary N) is 1. The summed E-state index contributed by atoms with van der Waals surface area (Å²) in [5.41, 5.74) is 1.65. The number of benzene rings is 2. The molecule has 0 saturated heterocycles. The number of hydrogen-bond donors (Lipinski definition) is 1. The van der Waals surface area contributed by atoms with Crippen molar-refractivity contribution in [3.63, 3.8) is 0 Å². The number of methoxy groups -OCH3 is 1. The van der Waals surface area contributed by atoms with E-state index in [1.807, 2.05) is 24.3 Å². The third-order valence-electron chi connectivity index (χ3n) is 4.39. The van der Waals surface area contributed by atoms with E-state index < -0.39 is 12.1 Å². The maximum absolute atomic E-state index is 12.9. The van der Waals surface area contributed by atoms with Crippen molar-refractivity contribution in [3.05, 3.63) is 82.6 Å². The Bertz CT molecular complexity index is 1020. The first-order valence-corrected chi connectivity index (χ1v) is 11.6. The van der Waals surface area contributed by atoms with E-state index in [1.54, 1.807) is 49.8 Å². The van der Waals surface area contributed by atoms with Gasteiger partial charge in [0, 0.05) is 29.0 Å². The monoisotopic (exact) mass is 515 g/mol. The van der Waals surface area contributed by atoms with E-state index >= 15 is 0 Å². The third-order valence-corrected chi connectivity index (χ3v) is 5.77. The number of hydrogen-bond acceptors (Lipinski definition) is 7. The molecule has 166 valence electrons. The minimum absolute atomic E-state index is 0.00380. The van der Waals surface area contributed by atoms with Crippen molar-refractivity contribution >= 4 is 39.6 Å². The van der Waals surface area contributed by atoms with Crippen LogP contribution in [0, 0.1) is 0 Å². The van der Waals surface area contributed by atoms with Gasteiger partial charge in [-0.25, -0.2) is 9.97 Å². The molecule has 1 aromatic heterocycles. The second kappa shape index (κ2) is 12.2. The number of amides is 1. The molecule has 1 heterocycles. The Morgan fingerprint density at radius 2 is 1.75 bits per heavy atom. The van der Waals surface area contributed by atoms with Crippen LogP contribution in [-0.2, 0) is 20.7 Å². The summed E-state index contributed by atoms with van der Waals surface area (Å²) in [5.74, 6) is -0.134. The highest BCUT2D eigenvalue weighted by molar-refractivity contribution is 9.10. The van der Waals surface area contributed by atoms with E-state index in [1.165, 1.54) is 0 Å². The quantitative estimate of drug-likeness (QED) is 0.248. The van der Waals surface area contributed by atoms with E-state index in [0.29, 0.717) is 23.7 Å². The lowest BCUT2D eigenvalue weighted by molar-refractivity contribution is -0.154. The first-order valence-electron chi connectivity index (χ1n) is 9.80. The van der Waals surface area contributed by atoms with Crippen LogP contribution in [0.1, 0.15) is 17.2 Å². The predicted octanol–water partition coefficient (Wildman–Crippen LogP) is 3.98. The number of rotatable bonds is 10. The highest BCUT2D eigenvalue weighted by Crippen LogP contribution is 2.22. The molecule has 0 radical (unpaired) electrons. The number of aromatic nitrogens is 2. The van der Waals surface area contributed by atoms with Gasteiger partial charge in [-0.15, -0.1) is 0 Å². The van der Waals surface area contributed by atoms with Gasteiger partial charge in [0.15, 0.2) is 5.16 Å². The first-order chi connectivity index (χ1) is 15.5. The number of nitrogens with zero attached hydrogens (tertiary/aromatic N) is 2. The van der Waals surface area contributed by atoms with Gasteiger partial charge in [-0.3, -0.25) is 9.59 Å². The Kier molecular flexibility index (Phi) is 9.06. The van der Waals surface area contributed by atoms with Gasteiger partial charge in [-0.1, -0.05) is 52.0 Å². The standard InChI is InChI=1S/C23H22BrN3O4S/c1-30-19-9-3-16(4-10-19)11-14-25-22(29)21(17-5-7-18(24)8-6-17)31-20(28)15-32-23-26-12-2-13-27-23/h2-10,12-13,21H,11,14-15H2,1H3,(H,25,29). The number of carbonyl (C=O) groups is 2. The first kappa shape index (κ1) is 23.7. The number of carbonyl (C=O) groups excluding carboxylic acids is 2. The van der Waals surface area contributed by atoms with Crippen LogP contribution in [0.15, 0.2) is 76.6 Å². The summed E-state index contributed by atoms with van der Waals surface area (Å²) in [6.45, 7) is 0.405. The van der Waals surface area contributed by atoms with Crippen molar-refractivity contribution < 1.29 is 19.1 Å². The molecule has 9 heteroatoms. The molecule has 1 atom stereocenters. The molecule has 3 rings (SSSR count). The molecule has 0 aliphatic carbocycles. The Balaban J connectivity index is 1.60. The van der Waals surface area contributed by atoms with Gasteiger partial charge >= 0.3 is 5.97 Å². The van der Waals surface area contributed by atoms with Gasteiger partial charge in [0.2, 0.25) is 6.10 Å². The van der Waals surface area contributed by atoms with E-state index in [2.05, 4.69) is 31.2 Å². The summed E-state index contributed by atoms with van der Waals surface area (Å²) in [5, 5.41) is 3.33. The van der Waals surface area contributed by atoms with Crippen molar-refractivity contribution in [2.75, 3.05) is 19.4 Å². The van der Waals surface area contributed by atoms with Crippen molar-refractivity contribution in [2.45, 2.75) is 17.7 Å². The second-order valence-electron chi connectivity index (χ2n) is 6.63. The lowest BCUT2D eigenvalue weighted by Gasteiger charge is -2.18. The van der Waals surface area contributed by atoms with Gasteiger partial charge in [-0.05, 0) is 42.3 Å². The molecule has 3 aromatic rings. The smallest absolute Gasteiger partial charge is 0.317 e. The molecule has 0 aliphatic rings. The van der Waals surface area contributed by atoms with Gasteiger partial charge < -0.3 is 14.8 Å². The van der Waals surface area contributed by atoms with Crippen LogP contribution >= 0.6 is 27.7 Å². The van der Waals surface area contributed by atoms with Crippen LogP contribution in [0.25, 0.3) is 0 Å². The van der Waals surface area contributed by atoms with E-state index in [0.717, 1.165) is 27.5 Å². The number of ether oxygens (including phenoxy) is 2. The maximum atomic E-state index is 12.9. The van der Waals surface area contributed by atoms with Crippen molar-refractivity contribution in [2.24, 2.45) is 0 Å². The zero-order valence-electron chi connectivity index (χ0n) is 17.4. The Hall–Kier alpha value is -2.91. The molecule has 0 saturated carbocycles. The van der Waals surface area contributed by atoms with E-state index in [4.69, 9.17) is 9.47 Å². The SMILES string of the molecule is COc1ccc(CCNC(=O)C(OC(=O)CSc2ncccn2)c2ccc(Br)cc2)cc1. The largest absolute Gasteiger partial charge is 0.497 e. The molecule has 0 bridgehead atoms. The molecule has 1 unspecified atom stereocenters. The topological polar surface area (TPSA) is 90.4 Å². The van der Waals surface area contributed by atoms with Crippen molar-refractivity contribution in [1.29, 1.82) is 0 Å². The van der Waals surface area contributed by atoms with Crippen LogP contribution < -0.4 is 10.1 Å². The average Bonchev–Trinajstić information content (AvgIpc) is 2.83. The Morgan fingerprint density at radius 3 is 2.41 bits per heavy atom. The highest BCUT2D eigenvalue weighted by Gasteiger charge is 2.25.